The monoisotopic (exact) mass is 410 g/mol. The van der Waals surface area contributed by atoms with Crippen molar-refractivity contribution < 1.29 is 9.59 Å². The molecule has 19 heavy (non-hydrogen) atoms. The maximum atomic E-state index is 12.0. The second-order valence-corrected chi connectivity index (χ2v) is 37.7. The van der Waals surface area contributed by atoms with Crippen molar-refractivity contribution in [3.05, 3.63) is 0 Å². The van der Waals surface area contributed by atoms with Gasteiger partial charge in [-0.25, -0.2) is 0 Å². The Kier molecular flexibility index (Phi) is 6.01. The maximum absolute atomic E-state index is 12.0. The van der Waals surface area contributed by atoms with Gasteiger partial charge in [-0.15, -0.1) is 0 Å². The van der Waals surface area contributed by atoms with Gasteiger partial charge in [-0.05, 0) is 0 Å². The van der Waals surface area contributed by atoms with Crippen LogP contribution in [0, 0.1) is 0 Å². The van der Waals surface area contributed by atoms with Crippen LogP contribution in [-0.4, -0.2) is 46.4 Å². The summed E-state index contributed by atoms with van der Waals surface area (Å²) in [5.41, 5.74) is 11.4. The van der Waals surface area contributed by atoms with Crippen molar-refractivity contribution in [3.63, 3.8) is 0 Å². The molecular formula is C12H30Ge2N2O2Si. The molecule has 4 nitrogen and oxygen atoms in total. The molecule has 112 valence electrons. The van der Waals surface area contributed by atoms with Crippen LogP contribution in [0.4, 0.5) is 0 Å². The van der Waals surface area contributed by atoms with E-state index in [-0.39, 0.29) is 20.6 Å². The van der Waals surface area contributed by atoms with Crippen LogP contribution in [0.15, 0.2) is 0 Å². The molecule has 2 unspecified atom stereocenters. The molecule has 0 saturated carbocycles. The van der Waals surface area contributed by atoms with Crippen molar-refractivity contribution in [2.45, 2.75) is 56.4 Å². The van der Waals surface area contributed by atoms with Gasteiger partial charge < -0.3 is 0 Å². The van der Waals surface area contributed by atoms with Crippen LogP contribution >= 0.6 is 0 Å². The van der Waals surface area contributed by atoms with Crippen LogP contribution in [0.25, 0.3) is 0 Å². The van der Waals surface area contributed by atoms with Gasteiger partial charge >= 0.3 is 124 Å². The molecule has 0 fully saturated rings. The summed E-state index contributed by atoms with van der Waals surface area (Å²) in [5, 5.41) is 0. The second-order valence-electron chi connectivity index (χ2n) is 8.22. The SMILES string of the molecule is C[Si](C)([CH](C(N)=O)[Ge]([CH3])([CH3])[CH3])[CH](C(N)=O)[Ge]([CH3])([CH3])[CH3]. The fourth-order valence-electron chi connectivity index (χ4n) is 3.99. The van der Waals surface area contributed by atoms with Crippen molar-refractivity contribution >= 4 is 46.4 Å². The summed E-state index contributed by atoms with van der Waals surface area (Å²) in [5.74, 6) is 12.8. The number of amides is 2. The van der Waals surface area contributed by atoms with Gasteiger partial charge in [0.05, 0.1) is 0 Å². The first-order chi connectivity index (χ1) is 8.13. The van der Waals surface area contributed by atoms with E-state index < -0.39 is 34.6 Å². The minimum atomic E-state index is -2.30. The van der Waals surface area contributed by atoms with Crippen molar-refractivity contribution in [2.75, 3.05) is 0 Å². The molecule has 0 aromatic carbocycles. The fraction of sp³-hybridized carbons (Fsp3) is 0.833. The first kappa shape index (κ1) is 19.2. The fourth-order valence-corrected chi connectivity index (χ4v) is 46.2. The Labute approximate surface area is 123 Å². The quantitative estimate of drug-likeness (QED) is 0.661. The van der Waals surface area contributed by atoms with Gasteiger partial charge in [0.25, 0.3) is 0 Å². The van der Waals surface area contributed by atoms with E-state index in [1.165, 1.54) is 0 Å². The number of carbonyl (C=O) groups excluding carboxylic acids is 2. The predicted molar refractivity (Wildman–Crippen MR) is 90.1 cm³/mol. The molecule has 0 bridgehead atoms. The van der Waals surface area contributed by atoms with E-state index in [0.717, 1.165) is 0 Å². The molecule has 0 spiro atoms. The summed E-state index contributed by atoms with van der Waals surface area (Å²) in [7, 11) is -2.14. The third-order valence-corrected chi connectivity index (χ3v) is 34.2. The summed E-state index contributed by atoms with van der Waals surface area (Å²) in [6, 6.07) is 0. The molecule has 0 radical (unpaired) electrons. The summed E-state index contributed by atoms with van der Waals surface area (Å²) < 4.78 is -0.121. The van der Waals surface area contributed by atoms with E-state index in [4.69, 9.17) is 11.5 Å². The van der Waals surface area contributed by atoms with Crippen LogP contribution in [-0.2, 0) is 9.59 Å². The van der Waals surface area contributed by atoms with E-state index in [0.29, 0.717) is 0 Å². The van der Waals surface area contributed by atoms with Crippen LogP contribution in [0.1, 0.15) is 0 Å². The molecular weight excluding hydrogens is 377 g/mol. The number of nitrogens with two attached hydrogens (primary N) is 2. The molecule has 0 rings (SSSR count). The molecule has 0 aliphatic carbocycles. The normalized spacial score (nSPS) is 16.8. The molecule has 0 aliphatic heterocycles. The number of carbonyl (C=O) groups is 2. The molecule has 2 atom stereocenters. The average molecular weight is 408 g/mol. The standard InChI is InChI=1S/C12H30Ge2N2O2Si/c1-13(2,3)9(11(15)17)19(7,8)10(12(16)18)14(4,5)6/h9-10H,1-8H3,(H2,15,17)(H2,16,18). The molecule has 0 aromatic heterocycles. The van der Waals surface area contributed by atoms with Crippen LogP contribution < -0.4 is 11.5 Å². The molecule has 0 aliphatic rings. The first-order valence-electron chi connectivity index (χ1n) is 6.72. The topological polar surface area (TPSA) is 86.2 Å². The summed E-state index contributed by atoms with van der Waals surface area (Å²) >= 11 is -4.60. The Hall–Kier alpha value is 0.243. The summed E-state index contributed by atoms with van der Waals surface area (Å²) in [6.07, 6.45) is 0. The van der Waals surface area contributed by atoms with E-state index in [9.17, 15) is 9.59 Å². The summed E-state index contributed by atoms with van der Waals surface area (Å²) in [6.45, 7) is 4.29. The average Bonchev–Trinajstić information content (AvgIpc) is 1.90. The minimum absolute atomic E-state index is 0.0603. The van der Waals surface area contributed by atoms with Gasteiger partial charge in [-0.3, -0.25) is 0 Å². The van der Waals surface area contributed by atoms with Gasteiger partial charge in [0.1, 0.15) is 0 Å². The number of rotatable bonds is 6. The van der Waals surface area contributed by atoms with Crippen LogP contribution in [0.2, 0.25) is 56.4 Å². The van der Waals surface area contributed by atoms with E-state index >= 15 is 0 Å². The van der Waals surface area contributed by atoms with Crippen molar-refractivity contribution in [1.29, 1.82) is 0 Å². The third-order valence-electron chi connectivity index (χ3n) is 3.79. The third kappa shape index (κ3) is 4.63. The first-order valence-corrected chi connectivity index (χ1v) is 24.9. The van der Waals surface area contributed by atoms with Gasteiger partial charge in [-0.2, -0.15) is 0 Å². The zero-order valence-corrected chi connectivity index (χ0v) is 18.8. The number of hydrogen-bond donors (Lipinski definition) is 2. The van der Waals surface area contributed by atoms with Gasteiger partial charge in [0.15, 0.2) is 0 Å². The Balaban J connectivity index is 5.90. The Morgan fingerprint density at radius 3 is 1.11 bits per heavy atom. The van der Waals surface area contributed by atoms with Crippen LogP contribution in [0.5, 0.6) is 0 Å². The molecule has 2 amide bonds. The van der Waals surface area contributed by atoms with E-state index in [1.807, 2.05) is 0 Å². The zero-order valence-electron chi connectivity index (χ0n) is 13.6. The Bertz CT molecular complexity index is 339. The summed E-state index contributed by atoms with van der Waals surface area (Å²) in [4.78, 5) is 24.0. The molecule has 0 heterocycles. The Morgan fingerprint density at radius 1 is 0.789 bits per heavy atom. The van der Waals surface area contributed by atoms with Gasteiger partial charge in [0.2, 0.25) is 0 Å². The predicted octanol–water partition coefficient (Wildman–Crippen LogP) is 2.16. The van der Waals surface area contributed by atoms with Crippen molar-refractivity contribution in [3.8, 4) is 0 Å². The van der Waals surface area contributed by atoms with E-state index in [2.05, 4.69) is 47.6 Å². The van der Waals surface area contributed by atoms with Crippen molar-refractivity contribution in [2.24, 2.45) is 11.5 Å². The van der Waals surface area contributed by atoms with E-state index in [1.54, 1.807) is 0 Å². The molecule has 0 saturated heterocycles. The molecule has 0 aromatic rings. The van der Waals surface area contributed by atoms with Gasteiger partial charge in [0, 0.05) is 0 Å². The zero-order chi connectivity index (χ0) is 15.8. The van der Waals surface area contributed by atoms with Crippen LogP contribution in [0.3, 0.4) is 0 Å². The second kappa shape index (κ2) is 5.93. The van der Waals surface area contributed by atoms with Gasteiger partial charge in [-0.1, -0.05) is 0 Å². The Morgan fingerprint density at radius 2 is 1.00 bits per heavy atom. The molecule has 4 N–H and O–H groups in total. The molecule has 7 heteroatoms. The van der Waals surface area contributed by atoms with Crippen molar-refractivity contribution in [1.82, 2.24) is 0 Å². The number of hydrogen-bond acceptors (Lipinski definition) is 2. The number of primary amides is 2.